The number of aliphatic hydroxyl groups excluding tert-OH is 1. The zero-order valence-corrected chi connectivity index (χ0v) is 21.8. The molecule has 0 saturated heterocycles. The molecule has 4 N–H and O–H groups in total. The summed E-state index contributed by atoms with van der Waals surface area (Å²) in [5.41, 5.74) is 0.819. The van der Waals surface area contributed by atoms with Crippen LogP contribution in [0.25, 0.3) is 0 Å². The number of methoxy groups -OCH3 is 1. The number of carbonyl (C=O) groups excluding carboxylic acids is 3. The van der Waals surface area contributed by atoms with Gasteiger partial charge in [0, 0.05) is 24.3 Å². The first-order valence-electron chi connectivity index (χ1n) is 11.3. The molecule has 0 aliphatic heterocycles. The molecule has 0 aliphatic carbocycles. The molecule has 2 aromatic carbocycles. The van der Waals surface area contributed by atoms with Crippen LogP contribution in [0.4, 0.5) is 0 Å². The summed E-state index contributed by atoms with van der Waals surface area (Å²) >= 11 is 5.97. The largest absolute Gasteiger partial charge is 0.496 e. The molecule has 0 unspecified atom stereocenters. The Kier molecular flexibility index (Phi) is 9.77. The average molecular weight is 561 g/mol. The Morgan fingerprint density at radius 3 is 2.42 bits per heavy atom. The lowest BCUT2D eigenvalue weighted by molar-refractivity contribution is 0.0934. The number of rotatable bonds is 11. The number of aliphatic hydroxyl groups is 1. The second kappa shape index (κ2) is 13.0. The molecule has 3 rings (SSSR count). The summed E-state index contributed by atoms with van der Waals surface area (Å²) in [7, 11) is -2.78. The minimum atomic E-state index is -4.22. The van der Waals surface area contributed by atoms with Gasteiger partial charge in [0.15, 0.2) is 0 Å². The number of carbonyl (C=O) groups is 3. The van der Waals surface area contributed by atoms with Gasteiger partial charge in [-0.05, 0) is 54.4 Å². The van der Waals surface area contributed by atoms with Crippen LogP contribution in [0.2, 0.25) is 5.02 Å². The number of halogens is 1. The van der Waals surface area contributed by atoms with Gasteiger partial charge in [0.05, 0.1) is 29.7 Å². The summed E-state index contributed by atoms with van der Waals surface area (Å²) in [4.78, 5) is 40.6. The van der Waals surface area contributed by atoms with E-state index in [0.29, 0.717) is 22.8 Å². The SMILES string of the molecule is COc1ccc(Cl)cc1C(=O)NCCc1cccc(S(=O)(=O)NC(=O)c2ccc(C(=O)NCCO)nc2)c1. The van der Waals surface area contributed by atoms with Crippen molar-refractivity contribution in [1.82, 2.24) is 20.3 Å². The molecule has 200 valence electrons. The zero-order chi connectivity index (χ0) is 27.7. The maximum atomic E-state index is 12.8. The summed E-state index contributed by atoms with van der Waals surface area (Å²) in [6.45, 7) is 0.00942. The van der Waals surface area contributed by atoms with E-state index in [1.165, 1.54) is 43.5 Å². The maximum absolute atomic E-state index is 12.8. The summed E-state index contributed by atoms with van der Waals surface area (Å²) in [6, 6.07) is 13.2. The van der Waals surface area contributed by atoms with Gasteiger partial charge in [-0.25, -0.2) is 13.1 Å². The standard InChI is InChI=1S/C25H25ClN4O7S/c1-37-22-8-6-18(26)14-20(22)24(33)27-10-9-16-3-2-4-19(13-16)38(35,36)30-23(32)17-5-7-21(29-15-17)25(34)28-11-12-31/h2-8,13-15,31H,9-12H2,1H3,(H,27,33)(H,28,34)(H,30,32). The Balaban J connectivity index is 1.62. The van der Waals surface area contributed by atoms with Crippen molar-refractivity contribution >= 4 is 39.3 Å². The molecule has 0 atom stereocenters. The fourth-order valence-corrected chi connectivity index (χ4v) is 4.52. The summed E-state index contributed by atoms with van der Waals surface area (Å²) in [5.74, 6) is -1.50. The number of aromatic nitrogens is 1. The molecule has 38 heavy (non-hydrogen) atoms. The molecule has 0 bridgehead atoms. The van der Waals surface area contributed by atoms with Gasteiger partial charge in [-0.15, -0.1) is 0 Å². The van der Waals surface area contributed by atoms with Gasteiger partial charge in [0.25, 0.3) is 27.7 Å². The van der Waals surface area contributed by atoms with E-state index < -0.39 is 27.7 Å². The van der Waals surface area contributed by atoms with Crippen LogP contribution in [0.5, 0.6) is 5.75 Å². The molecule has 0 spiro atoms. The highest BCUT2D eigenvalue weighted by Gasteiger charge is 2.20. The van der Waals surface area contributed by atoms with Crippen molar-refractivity contribution in [3.63, 3.8) is 0 Å². The van der Waals surface area contributed by atoms with Crippen molar-refractivity contribution in [2.75, 3.05) is 26.8 Å². The first-order chi connectivity index (χ1) is 18.1. The van der Waals surface area contributed by atoms with Gasteiger partial charge in [-0.2, -0.15) is 0 Å². The molecule has 0 fully saturated rings. The van der Waals surface area contributed by atoms with Crippen molar-refractivity contribution in [3.05, 3.63) is 88.2 Å². The van der Waals surface area contributed by atoms with Gasteiger partial charge < -0.3 is 20.5 Å². The normalized spacial score (nSPS) is 10.9. The van der Waals surface area contributed by atoms with Gasteiger partial charge in [-0.1, -0.05) is 23.7 Å². The molecule has 3 amide bonds. The van der Waals surface area contributed by atoms with Crippen molar-refractivity contribution in [2.24, 2.45) is 0 Å². The second-order valence-corrected chi connectivity index (χ2v) is 9.96. The second-order valence-electron chi connectivity index (χ2n) is 7.84. The number of sulfonamides is 1. The first kappa shape index (κ1) is 28.6. The van der Waals surface area contributed by atoms with E-state index in [4.69, 9.17) is 21.4 Å². The average Bonchev–Trinajstić information content (AvgIpc) is 2.91. The number of hydrogen-bond acceptors (Lipinski definition) is 8. The van der Waals surface area contributed by atoms with Crippen molar-refractivity contribution in [3.8, 4) is 5.75 Å². The van der Waals surface area contributed by atoms with Gasteiger partial charge in [-0.3, -0.25) is 19.4 Å². The fourth-order valence-electron chi connectivity index (χ4n) is 3.30. The Bertz CT molecular complexity index is 1430. The van der Waals surface area contributed by atoms with E-state index >= 15 is 0 Å². The highest BCUT2D eigenvalue weighted by molar-refractivity contribution is 7.90. The molecule has 0 saturated carbocycles. The third-order valence-corrected chi connectivity index (χ3v) is 6.76. The van der Waals surface area contributed by atoms with Crippen LogP contribution in [0, 0.1) is 0 Å². The van der Waals surface area contributed by atoms with Crippen LogP contribution < -0.4 is 20.1 Å². The topological polar surface area (TPSA) is 164 Å². The lowest BCUT2D eigenvalue weighted by Crippen LogP contribution is -2.31. The molecular formula is C25H25ClN4O7S. The van der Waals surface area contributed by atoms with E-state index in [2.05, 4.69) is 15.6 Å². The molecule has 3 aromatic rings. The third-order valence-electron chi connectivity index (χ3n) is 5.20. The summed E-state index contributed by atoms with van der Waals surface area (Å²) < 4.78 is 32.7. The molecule has 11 nitrogen and oxygen atoms in total. The number of ether oxygens (including phenoxy) is 1. The molecule has 1 heterocycles. The predicted molar refractivity (Wildman–Crippen MR) is 139 cm³/mol. The van der Waals surface area contributed by atoms with E-state index in [1.807, 2.05) is 4.72 Å². The molecular weight excluding hydrogens is 536 g/mol. The molecule has 13 heteroatoms. The number of pyridine rings is 1. The van der Waals surface area contributed by atoms with Crippen LogP contribution >= 0.6 is 11.6 Å². The van der Waals surface area contributed by atoms with Crippen LogP contribution in [0.1, 0.15) is 36.8 Å². The highest BCUT2D eigenvalue weighted by Crippen LogP contribution is 2.22. The van der Waals surface area contributed by atoms with Crippen molar-refractivity contribution in [1.29, 1.82) is 0 Å². The number of nitrogens with one attached hydrogen (secondary N) is 3. The third kappa shape index (κ3) is 7.51. The summed E-state index contributed by atoms with van der Waals surface area (Å²) in [5, 5.41) is 14.3. The number of amides is 3. The van der Waals surface area contributed by atoms with Gasteiger partial charge in [0.2, 0.25) is 0 Å². The Morgan fingerprint density at radius 2 is 1.74 bits per heavy atom. The van der Waals surface area contributed by atoms with Gasteiger partial charge in [0.1, 0.15) is 11.4 Å². The lowest BCUT2D eigenvalue weighted by atomic mass is 10.1. The van der Waals surface area contributed by atoms with E-state index in [9.17, 15) is 22.8 Å². The van der Waals surface area contributed by atoms with Crippen LogP contribution in [0.15, 0.2) is 65.7 Å². The van der Waals surface area contributed by atoms with Crippen LogP contribution in [-0.4, -0.2) is 63.0 Å². The highest BCUT2D eigenvalue weighted by atomic mass is 35.5. The predicted octanol–water partition coefficient (Wildman–Crippen LogP) is 1.56. The smallest absolute Gasteiger partial charge is 0.269 e. The fraction of sp³-hybridized carbons (Fsp3) is 0.200. The Hall–Kier alpha value is -4.00. The van der Waals surface area contributed by atoms with Crippen molar-refractivity contribution in [2.45, 2.75) is 11.3 Å². The van der Waals surface area contributed by atoms with Gasteiger partial charge >= 0.3 is 0 Å². The number of benzene rings is 2. The van der Waals surface area contributed by atoms with E-state index in [0.717, 1.165) is 6.20 Å². The summed E-state index contributed by atoms with van der Waals surface area (Å²) in [6.07, 6.45) is 1.39. The number of hydrogen-bond donors (Lipinski definition) is 4. The van der Waals surface area contributed by atoms with Crippen LogP contribution in [-0.2, 0) is 16.4 Å². The maximum Gasteiger partial charge on any atom is 0.269 e. The minimum absolute atomic E-state index is 0.00598. The molecule has 1 aromatic heterocycles. The first-order valence-corrected chi connectivity index (χ1v) is 13.1. The molecule has 0 radical (unpaired) electrons. The van der Waals surface area contributed by atoms with E-state index in [-0.39, 0.29) is 41.4 Å². The van der Waals surface area contributed by atoms with Crippen molar-refractivity contribution < 1.29 is 32.6 Å². The number of nitrogens with zero attached hydrogens (tertiary/aromatic N) is 1. The monoisotopic (exact) mass is 560 g/mol. The lowest BCUT2D eigenvalue weighted by Gasteiger charge is -2.11. The quantitative estimate of drug-likeness (QED) is 0.274. The zero-order valence-electron chi connectivity index (χ0n) is 20.2. The van der Waals surface area contributed by atoms with Crippen LogP contribution in [0.3, 0.4) is 0 Å². The van der Waals surface area contributed by atoms with E-state index in [1.54, 1.807) is 18.2 Å². The minimum Gasteiger partial charge on any atom is -0.496 e. The molecule has 0 aliphatic rings. The Labute approximate surface area is 224 Å². The Morgan fingerprint density at radius 1 is 0.974 bits per heavy atom.